The van der Waals surface area contributed by atoms with E-state index in [1.165, 1.54) is 11.1 Å². The van der Waals surface area contributed by atoms with Crippen molar-refractivity contribution in [3.8, 4) is 0 Å². The molecule has 2 N–H and O–H groups in total. The van der Waals surface area contributed by atoms with Crippen molar-refractivity contribution in [3.05, 3.63) is 40.1 Å². The van der Waals surface area contributed by atoms with Crippen LogP contribution in [0.1, 0.15) is 24.0 Å². The van der Waals surface area contributed by atoms with Gasteiger partial charge in [0.15, 0.2) is 6.61 Å². The molecule has 0 bridgehead atoms. The van der Waals surface area contributed by atoms with E-state index in [1.54, 1.807) is 10.00 Å². The molecule has 17 heteroatoms. The molecule has 1 saturated carbocycles. The zero-order chi connectivity index (χ0) is 27.5. The van der Waals surface area contributed by atoms with Crippen LogP contribution in [-0.2, 0) is 22.0 Å². The summed E-state index contributed by atoms with van der Waals surface area (Å²) in [5.41, 5.74) is -4.22. The van der Waals surface area contributed by atoms with Crippen molar-refractivity contribution in [1.82, 2.24) is 25.1 Å². The molecule has 1 aliphatic heterocycles. The number of nitrogens with one attached hydrogen (secondary N) is 2. The number of aromatic amines is 1. The fraction of sp³-hybridized carbons (Fsp3) is 0.524. The molecule has 3 heterocycles. The third-order valence-electron chi connectivity index (χ3n) is 5.96. The maximum atomic E-state index is 13.3. The zero-order valence-corrected chi connectivity index (χ0v) is 19.6. The predicted octanol–water partition coefficient (Wildman–Crippen LogP) is 2.14. The quantitative estimate of drug-likeness (QED) is 0.292. The molecule has 1 aliphatic carbocycles. The first kappa shape index (κ1) is 27.1. The van der Waals surface area contributed by atoms with Gasteiger partial charge in [0.1, 0.15) is 5.56 Å². The molecule has 2 fully saturated rings. The van der Waals surface area contributed by atoms with Crippen LogP contribution in [0.4, 0.5) is 38.0 Å². The molecule has 0 radical (unpaired) electrons. The van der Waals surface area contributed by atoms with E-state index < -0.39 is 53.3 Å². The van der Waals surface area contributed by atoms with Crippen LogP contribution < -0.4 is 15.8 Å². The lowest BCUT2D eigenvalue weighted by molar-refractivity contribution is -0.139. The lowest BCUT2D eigenvalue weighted by Gasteiger charge is -2.34. The number of rotatable bonds is 8. The number of amides is 1. The number of aromatic nitrogens is 4. The number of anilines is 2. The molecule has 0 spiro atoms. The lowest BCUT2D eigenvalue weighted by Crippen LogP contribution is -2.50. The van der Waals surface area contributed by atoms with Gasteiger partial charge in [0.25, 0.3) is 11.5 Å². The van der Waals surface area contributed by atoms with Crippen LogP contribution in [0.25, 0.3) is 0 Å². The number of H-pyrrole nitrogens is 1. The van der Waals surface area contributed by atoms with Gasteiger partial charge >= 0.3 is 12.4 Å². The van der Waals surface area contributed by atoms with Gasteiger partial charge < -0.3 is 20.0 Å². The minimum Gasteiger partial charge on any atom is -0.386 e. The van der Waals surface area contributed by atoms with Crippen molar-refractivity contribution in [2.45, 2.75) is 31.2 Å². The van der Waals surface area contributed by atoms with E-state index in [4.69, 9.17) is 4.84 Å². The van der Waals surface area contributed by atoms with Crippen molar-refractivity contribution < 1.29 is 36.0 Å². The van der Waals surface area contributed by atoms with Crippen molar-refractivity contribution >= 4 is 23.8 Å². The molecule has 2 aromatic rings. The summed E-state index contributed by atoms with van der Waals surface area (Å²) in [5, 5.41) is 11.5. The Balaban J connectivity index is 1.27. The van der Waals surface area contributed by atoms with Gasteiger partial charge in [-0.05, 0) is 18.8 Å². The number of hydrogen-bond acceptors (Lipinski definition) is 9. The van der Waals surface area contributed by atoms with Crippen LogP contribution in [0.2, 0.25) is 0 Å². The molecule has 0 aromatic carbocycles. The SMILES string of the molecule is O=C(CO/N=C/C(Nc1cn[nH]c(=O)c1C(F)(F)F)C1CC1)N1CCN(c2ncc(C(F)(F)F)cn2)CC1. The molecular formula is C21H22F6N8O3. The normalized spacial score (nSPS) is 17.5. The molecular weight excluding hydrogens is 526 g/mol. The monoisotopic (exact) mass is 548 g/mol. The van der Waals surface area contributed by atoms with Gasteiger partial charge in [-0.1, -0.05) is 5.16 Å². The fourth-order valence-electron chi connectivity index (χ4n) is 3.78. The first-order valence-electron chi connectivity index (χ1n) is 11.4. The van der Waals surface area contributed by atoms with Crippen LogP contribution in [0.15, 0.2) is 28.5 Å². The van der Waals surface area contributed by atoms with Gasteiger partial charge in [0, 0.05) is 38.6 Å². The molecule has 11 nitrogen and oxygen atoms in total. The summed E-state index contributed by atoms with van der Waals surface area (Å²) in [4.78, 5) is 39.8. The highest BCUT2D eigenvalue weighted by molar-refractivity contribution is 5.78. The second kappa shape index (κ2) is 10.8. The number of carbonyl (C=O) groups excluding carboxylic acids is 1. The molecule has 1 amide bonds. The molecule has 38 heavy (non-hydrogen) atoms. The van der Waals surface area contributed by atoms with Crippen molar-refractivity contribution in [3.63, 3.8) is 0 Å². The van der Waals surface area contributed by atoms with Crippen LogP contribution in [0.5, 0.6) is 0 Å². The second-order valence-corrected chi connectivity index (χ2v) is 8.66. The number of carbonyl (C=O) groups is 1. The first-order chi connectivity index (χ1) is 17.9. The smallest absolute Gasteiger partial charge is 0.386 e. The summed E-state index contributed by atoms with van der Waals surface area (Å²) in [5.74, 6) is -0.308. The van der Waals surface area contributed by atoms with E-state index >= 15 is 0 Å². The Bertz CT molecular complexity index is 1210. The maximum absolute atomic E-state index is 13.3. The molecule has 206 valence electrons. The van der Waals surface area contributed by atoms with Gasteiger partial charge in [-0.2, -0.15) is 31.4 Å². The molecule has 4 rings (SSSR count). The lowest BCUT2D eigenvalue weighted by atomic mass is 10.1. The average molecular weight is 548 g/mol. The van der Waals surface area contributed by atoms with E-state index in [-0.39, 0.29) is 25.0 Å². The highest BCUT2D eigenvalue weighted by Crippen LogP contribution is 2.36. The Morgan fingerprint density at radius 2 is 1.76 bits per heavy atom. The predicted molar refractivity (Wildman–Crippen MR) is 120 cm³/mol. The fourth-order valence-corrected chi connectivity index (χ4v) is 3.78. The van der Waals surface area contributed by atoms with Crippen molar-refractivity contribution in [2.75, 3.05) is 43.0 Å². The summed E-state index contributed by atoms with van der Waals surface area (Å²) in [6, 6.07) is -0.679. The van der Waals surface area contributed by atoms with Crippen molar-refractivity contribution in [1.29, 1.82) is 0 Å². The molecule has 2 aromatic heterocycles. The van der Waals surface area contributed by atoms with Crippen LogP contribution in [0, 0.1) is 5.92 Å². The Hall–Kier alpha value is -3.92. The summed E-state index contributed by atoms with van der Waals surface area (Å²) in [6.07, 6.45) is -4.46. The van der Waals surface area contributed by atoms with Crippen molar-refractivity contribution in [2.24, 2.45) is 11.1 Å². The maximum Gasteiger partial charge on any atom is 0.423 e. The summed E-state index contributed by atoms with van der Waals surface area (Å²) < 4.78 is 77.9. The molecule has 1 unspecified atom stereocenters. The number of hydrogen-bond donors (Lipinski definition) is 2. The highest BCUT2D eigenvalue weighted by Gasteiger charge is 2.39. The zero-order valence-electron chi connectivity index (χ0n) is 19.6. The summed E-state index contributed by atoms with van der Waals surface area (Å²) in [6.45, 7) is 0.654. The Morgan fingerprint density at radius 1 is 1.11 bits per heavy atom. The van der Waals surface area contributed by atoms with Gasteiger partial charge in [-0.3, -0.25) is 9.59 Å². The van der Waals surface area contributed by atoms with E-state index in [2.05, 4.69) is 25.5 Å². The van der Waals surface area contributed by atoms with E-state index in [9.17, 15) is 35.9 Å². The van der Waals surface area contributed by atoms with Gasteiger partial charge in [0.05, 0.1) is 29.7 Å². The van der Waals surface area contributed by atoms with Crippen LogP contribution in [-0.4, -0.2) is 76.0 Å². The third kappa shape index (κ3) is 6.69. The van der Waals surface area contributed by atoms with Crippen LogP contribution >= 0.6 is 0 Å². The molecule has 1 atom stereocenters. The van der Waals surface area contributed by atoms with E-state index in [0.29, 0.717) is 25.5 Å². The first-order valence-corrected chi connectivity index (χ1v) is 11.4. The molecule has 1 saturated heterocycles. The second-order valence-electron chi connectivity index (χ2n) is 8.66. The number of halogens is 6. The highest BCUT2D eigenvalue weighted by atomic mass is 19.4. The van der Waals surface area contributed by atoms with Crippen LogP contribution in [0.3, 0.4) is 0 Å². The number of oxime groups is 1. The van der Waals surface area contributed by atoms with Gasteiger partial charge in [-0.15, -0.1) is 0 Å². The topological polar surface area (TPSA) is 129 Å². The van der Waals surface area contributed by atoms with E-state index in [0.717, 1.165) is 19.0 Å². The minimum absolute atomic E-state index is 0.0288. The third-order valence-corrected chi connectivity index (χ3v) is 5.96. The van der Waals surface area contributed by atoms with Gasteiger partial charge in [0.2, 0.25) is 5.95 Å². The largest absolute Gasteiger partial charge is 0.423 e. The summed E-state index contributed by atoms with van der Waals surface area (Å²) in [7, 11) is 0. The number of alkyl halides is 6. The minimum atomic E-state index is -4.89. The Kier molecular flexibility index (Phi) is 7.73. The number of nitrogens with zero attached hydrogens (tertiary/aromatic N) is 6. The average Bonchev–Trinajstić information content (AvgIpc) is 3.70. The Labute approximate surface area is 210 Å². The number of piperazine rings is 1. The summed E-state index contributed by atoms with van der Waals surface area (Å²) >= 11 is 0. The van der Waals surface area contributed by atoms with E-state index in [1.807, 2.05) is 0 Å². The standard InChI is InChI=1S/C21H22F6N8O3/c22-20(23,24)13-7-28-19(29-8-13)35-5-3-34(4-6-35)16(36)11-38-31-10-14(12-1-2-12)32-15-9-30-33-18(37)17(15)21(25,26)27/h7-10,12,14H,1-6,11H2,(H2,32,33,37)/b31-10+. The molecule has 2 aliphatic rings. The Morgan fingerprint density at radius 3 is 2.34 bits per heavy atom. The van der Waals surface area contributed by atoms with Gasteiger partial charge in [-0.25, -0.2) is 15.1 Å².